The first kappa shape index (κ1) is 16.8. The molecule has 0 unspecified atom stereocenters. The fourth-order valence-corrected chi connectivity index (χ4v) is 4.71. The average molecular weight is 364 g/mol. The Morgan fingerprint density at radius 1 is 1.35 bits per heavy atom. The Balaban J connectivity index is 1.84. The van der Waals surface area contributed by atoms with Gasteiger partial charge in [-0.25, -0.2) is 4.98 Å². The average Bonchev–Trinajstić information content (AvgIpc) is 3.24. The van der Waals surface area contributed by atoms with Crippen LogP contribution in [0.4, 0.5) is 0 Å². The molecule has 1 aliphatic heterocycles. The van der Waals surface area contributed by atoms with Gasteiger partial charge in [0.25, 0.3) is 0 Å². The number of thiophene rings is 1. The van der Waals surface area contributed by atoms with E-state index in [1.54, 1.807) is 17.6 Å². The first-order chi connectivity index (χ1) is 12.6. The summed E-state index contributed by atoms with van der Waals surface area (Å²) in [6, 6.07) is 10.4. The highest BCUT2D eigenvalue weighted by atomic mass is 32.1. The van der Waals surface area contributed by atoms with Gasteiger partial charge in [0.2, 0.25) is 11.8 Å². The van der Waals surface area contributed by atoms with Crippen molar-refractivity contribution in [2.75, 3.05) is 6.54 Å². The Labute approximate surface area is 156 Å². The van der Waals surface area contributed by atoms with Gasteiger partial charge in [-0.05, 0) is 43.2 Å². The molecule has 0 aliphatic carbocycles. The number of hydrogen-bond acceptors (Lipinski definition) is 4. The number of benzene rings is 1. The van der Waals surface area contributed by atoms with Crippen LogP contribution in [0.2, 0.25) is 0 Å². The second-order valence-electron chi connectivity index (χ2n) is 6.59. The van der Waals surface area contributed by atoms with Crippen LogP contribution in [0.5, 0.6) is 0 Å². The molecule has 4 nitrogen and oxygen atoms in total. The van der Waals surface area contributed by atoms with E-state index in [0.717, 1.165) is 16.8 Å². The van der Waals surface area contributed by atoms with Crippen LogP contribution in [0, 0.1) is 13.8 Å². The molecule has 1 atom stereocenters. The third-order valence-electron chi connectivity index (χ3n) is 4.75. The van der Waals surface area contributed by atoms with E-state index >= 15 is 0 Å². The van der Waals surface area contributed by atoms with Crippen molar-refractivity contribution in [2.45, 2.75) is 26.3 Å². The van der Waals surface area contributed by atoms with Gasteiger partial charge in [0.05, 0.1) is 12.2 Å². The molecule has 4 rings (SSSR count). The molecule has 0 spiro atoms. The van der Waals surface area contributed by atoms with Crippen molar-refractivity contribution < 1.29 is 9.21 Å². The monoisotopic (exact) mass is 364 g/mol. The molecule has 3 aromatic rings. The summed E-state index contributed by atoms with van der Waals surface area (Å²) in [7, 11) is 0. The summed E-state index contributed by atoms with van der Waals surface area (Å²) in [6.45, 7) is 8.96. The van der Waals surface area contributed by atoms with E-state index in [1.165, 1.54) is 21.4 Å². The summed E-state index contributed by atoms with van der Waals surface area (Å²) in [6.07, 6.45) is 3.06. The van der Waals surface area contributed by atoms with Gasteiger partial charge in [0, 0.05) is 27.8 Å². The van der Waals surface area contributed by atoms with E-state index in [9.17, 15) is 4.79 Å². The van der Waals surface area contributed by atoms with E-state index in [0.29, 0.717) is 19.0 Å². The molecule has 0 fully saturated rings. The first-order valence-electron chi connectivity index (χ1n) is 8.58. The molecule has 26 heavy (non-hydrogen) atoms. The molecule has 5 heteroatoms. The first-order valence-corrected chi connectivity index (χ1v) is 9.40. The van der Waals surface area contributed by atoms with Gasteiger partial charge in [-0.3, -0.25) is 4.79 Å². The molecule has 2 aromatic heterocycles. The van der Waals surface area contributed by atoms with Gasteiger partial charge in [0.15, 0.2) is 0 Å². The maximum Gasteiger partial charge on any atom is 0.246 e. The van der Waals surface area contributed by atoms with Crippen LogP contribution in [-0.2, 0) is 11.3 Å². The van der Waals surface area contributed by atoms with Crippen LogP contribution in [0.25, 0.3) is 11.5 Å². The second kappa shape index (κ2) is 6.57. The van der Waals surface area contributed by atoms with Crippen LogP contribution in [-0.4, -0.2) is 22.3 Å². The summed E-state index contributed by atoms with van der Waals surface area (Å²) in [5, 5.41) is 0. The number of carbonyl (C=O) groups is 1. The number of amides is 1. The van der Waals surface area contributed by atoms with Crippen molar-refractivity contribution in [2.24, 2.45) is 0 Å². The number of hydrogen-bond donors (Lipinski definition) is 0. The van der Waals surface area contributed by atoms with Crippen molar-refractivity contribution in [3.63, 3.8) is 0 Å². The number of aryl methyl sites for hydroxylation is 2. The zero-order valence-electron chi connectivity index (χ0n) is 14.9. The Morgan fingerprint density at radius 3 is 2.88 bits per heavy atom. The Hall–Kier alpha value is -2.66. The standard InChI is InChI=1S/C21H20N2O2S/c1-4-20(24)23-10-18(17-9-14(3)26-19(17)11-23)15-7-5-6-8-16(15)21-22-13(2)12-25-21/h4-9,12,18H,1,10-11H2,2-3H3/t18-/m1/s1. The Morgan fingerprint density at radius 2 is 2.15 bits per heavy atom. The summed E-state index contributed by atoms with van der Waals surface area (Å²) >= 11 is 1.76. The smallest absolute Gasteiger partial charge is 0.246 e. The Bertz CT molecular complexity index is 986. The topological polar surface area (TPSA) is 46.3 Å². The minimum atomic E-state index is -0.0313. The van der Waals surface area contributed by atoms with Crippen LogP contribution in [0.1, 0.15) is 32.5 Å². The fourth-order valence-electron chi connectivity index (χ4n) is 3.59. The van der Waals surface area contributed by atoms with Crippen LogP contribution >= 0.6 is 11.3 Å². The van der Waals surface area contributed by atoms with Crippen molar-refractivity contribution >= 4 is 17.2 Å². The quantitative estimate of drug-likeness (QED) is 0.634. The molecule has 132 valence electrons. The number of nitrogens with zero attached hydrogens (tertiary/aromatic N) is 2. The molecule has 0 saturated heterocycles. The van der Waals surface area contributed by atoms with Crippen molar-refractivity contribution in [1.29, 1.82) is 0 Å². The van der Waals surface area contributed by atoms with Crippen LogP contribution < -0.4 is 0 Å². The van der Waals surface area contributed by atoms with Crippen molar-refractivity contribution in [3.05, 3.63) is 75.8 Å². The number of rotatable bonds is 3. The van der Waals surface area contributed by atoms with Gasteiger partial charge in [-0.15, -0.1) is 11.3 Å². The zero-order valence-corrected chi connectivity index (χ0v) is 15.7. The van der Waals surface area contributed by atoms with Crippen molar-refractivity contribution in [3.8, 4) is 11.5 Å². The molecule has 1 amide bonds. The van der Waals surface area contributed by atoms with E-state index in [-0.39, 0.29) is 11.8 Å². The third-order valence-corrected chi connectivity index (χ3v) is 5.80. The lowest BCUT2D eigenvalue weighted by Gasteiger charge is -2.33. The number of aromatic nitrogens is 1. The molecular weight excluding hydrogens is 344 g/mol. The fraction of sp³-hybridized carbons (Fsp3) is 0.238. The summed E-state index contributed by atoms with van der Waals surface area (Å²) in [5.74, 6) is 0.686. The minimum absolute atomic E-state index is 0.0313. The van der Waals surface area contributed by atoms with Gasteiger partial charge in [-0.2, -0.15) is 0 Å². The molecule has 0 saturated carbocycles. The summed E-state index contributed by atoms with van der Waals surface area (Å²) in [5.41, 5.74) is 4.27. The maximum atomic E-state index is 12.3. The highest BCUT2D eigenvalue weighted by Crippen LogP contribution is 2.41. The van der Waals surface area contributed by atoms with Gasteiger partial charge in [0.1, 0.15) is 6.26 Å². The SMILES string of the molecule is C=CC(=O)N1Cc2sc(C)cc2[C@@H](c2ccccc2-c2nc(C)co2)C1. The van der Waals surface area contributed by atoms with Crippen LogP contribution in [0.15, 0.2) is 53.7 Å². The number of fused-ring (bicyclic) bond motifs is 1. The number of oxazole rings is 1. The predicted octanol–water partition coefficient (Wildman–Crippen LogP) is 4.68. The normalized spacial score (nSPS) is 16.4. The second-order valence-corrected chi connectivity index (χ2v) is 7.93. The van der Waals surface area contributed by atoms with Crippen molar-refractivity contribution in [1.82, 2.24) is 9.88 Å². The third kappa shape index (κ3) is 2.88. The lowest BCUT2D eigenvalue weighted by Crippen LogP contribution is -2.37. The van der Waals surface area contributed by atoms with E-state index in [1.807, 2.05) is 30.0 Å². The molecule has 1 aliphatic rings. The molecule has 0 N–H and O–H groups in total. The van der Waals surface area contributed by atoms with E-state index in [2.05, 4.69) is 30.6 Å². The number of carbonyl (C=O) groups excluding carboxylic acids is 1. The predicted molar refractivity (Wildman–Crippen MR) is 103 cm³/mol. The molecular formula is C21H20N2O2S. The molecule has 1 aromatic carbocycles. The van der Waals surface area contributed by atoms with Gasteiger partial charge in [-0.1, -0.05) is 24.8 Å². The molecule has 3 heterocycles. The highest BCUT2D eigenvalue weighted by molar-refractivity contribution is 7.12. The largest absolute Gasteiger partial charge is 0.444 e. The lowest BCUT2D eigenvalue weighted by atomic mass is 9.85. The zero-order chi connectivity index (χ0) is 18.3. The minimum Gasteiger partial charge on any atom is -0.444 e. The van der Waals surface area contributed by atoms with Crippen LogP contribution in [0.3, 0.4) is 0 Å². The molecule has 0 radical (unpaired) electrons. The summed E-state index contributed by atoms with van der Waals surface area (Å²) < 4.78 is 5.67. The highest BCUT2D eigenvalue weighted by Gasteiger charge is 2.31. The Kier molecular flexibility index (Phi) is 4.24. The maximum absolute atomic E-state index is 12.3. The summed E-state index contributed by atoms with van der Waals surface area (Å²) in [4.78, 5) is 21.2. The van der Waals surface area contributed by atoms with E-state index in [4.69, 9.17) is 4.42 Å². The van der Waals surface area contributed by atoms with Gasteiger partial charge < -0.3 is 9.32 Å². The van der Waals surface area contributed by atoms with E-state index < -0.39 is 0 Å². The molecule has 0 bridgehead atoms. The lowest BCUT2D eigenvalue weighted by molar-refractivity contribution is -0.127. The van der Waals surface area contributed by atoms with Gasteiger partial charge >= 0.3 is 0 Å².